The number of sulfonamides is 1. The number of nitrogens with one attached hydrogen (secondary N) is 1. The first-order valence-corrected chi connectivity index (χ1v) is 6.17. The molecule has 7 heteroatoms. The molecule has 15 heavy (non-hydrogen) atoms. The predicted molar refractivity (Wildman–Crippen MR) is 53.3 cm³/mol. The van der Waals surface area contributed by atoms with Crippen LogP contribution in [0.15, 0.2) is 0 Å². The van der Waals surface area contributed by atoms with Gasteiger partial charge in [-0.15, -0.1) is 0 Å². The van der Waals surface area contributed by atoms with Crippen LogP contribution in [0.5, 0.6) is 0 Å². The van der Waals surface area contributed by atoms with Crippen molar-refractivity contribution in [3.63, 3.8) is 0 Å². The van der Waals surface area contributed by atoms with Crippen molar-refractivity contribution in [2.75, 3.05) is 18.9 Å². The van der Waals surface area contributed by atoms with E-state index < -0.39 is 16.0 Å². The van der Waals surface area contributed by atoms with Gasteiger partial charge < -0.3 is 4.74 Å². The lowest BCUT2D eigenvalue weighted by atomic mass is 10.5. The molecule has 0 rings (SSSR count). The van der Waals surface area contributed by atoms with Gasteiger partial charge in [-0.05, 0) is 6.92 Å². The Morgan fingerprint density at radius 1 is 1.53 bits per heavy atom. The number of nitrogens with zero attached hydrogens (tertiary/aromatic N) is 1. The lowest BCUT2D eigenvalue weighted by Crippen LogP contribution is -2.28. The quantitative estimate of drug-likeness (QED) is 0.485. The Morgan fingerprint density at radius 3 is 2.73 bits per heavy atom. The number of rotatable bonds is 7. The number of hydrogen-bond acceptors (Lipinski definition) is 5. The first-order valence-electron chi connectivity index (χ1n) is 4.51. The fourth-order valence-electron chi connectivity index (χ4n) is 0.785. The molecule has 0 saturated carbocycles. The molecule has 0 aromatic heterocycles. The van der Waals surface area contributed by atoms with Crippen LogP contribution in [0.1, 0.15) is 19.8 Å². The smallest absolute Gasteiger partial charge is 0.306 e. The topological polar surface area (TPSA) is 96.3 Å². The van der Waals surface area contributed by atoms with Crippen molar-refractivity contribution in [3.05, 3.63) is 0 Å². The molecule has 0 aliphatic rings. The number of nitriles is 1. The second kappa shape index (κ2) is 7.20. The molecule has 0 aromatic carbocycles. The van der Waals surface area contributed by atoms with Crippen LogP contribution in [0.4, 0.5) is 0 Å². The normalized spacial score (nSPS) is 10.7. The third kappa shape index (κ3) is 7.90. The molecule has 0 aromatic rings. The van der Waals surface area contributed by atoms with Crippen molar-refractivity contribution in [3.8, 4) is 6.07 Å². The van der Waals surface area contributed by atoms with Crippen molar-refractivity contribution in [2.24, 2.45) is 0 Å². The fourth-order valence-corrected chi connectivity index (χ4v) is 1.78. The fraction of sp³-hybridized carbons (Fsp3) is 0.750. The molecule has 86 valence electrons. The Morgan fingerprint density at radius 2 is 2.20 bits per heavy atom. The molecule has 0 aliphatic heterocycles. The summed E-state index contributed by atoms with van der Waals surface area (Å²) in [6.45, 7) is 1.96. The lowest BCUT2D eigenvalue weighted by Gasteiger charge is -2.04. The molecule has 0 radical (unpaired) electrons. The van der Waals surface area contributed by atoms with E-state index in [0.717, 1.165) is 0 Å². The molecule has 0 unspecified atom stereocenters. The van der Waals surface area contributed by atoms with Gasteiger partial charge in [0.2, 0.25) is 10.0 Å². The van der Waals surface area contributed by atoms with Gasteiger partial charge in [-0.3, -0.25) is 4.79 Å². The van der Waals surface area contributed by atoms with Crippen molar-refractivity contribution in [1.29, 1.82) is 5.26 Å². The van der Waals surface area contributed by atoms with E-state index in [9.17, 15) is 13.2 Å². The zero-order valence-electron chi connectivity index (χ0n) is 8.52. The molecule has 0 heterocycles. The maximum Gasteiger partial charge on any atom is 0.306 e. The van der Waals surface area contributed by atoms with Crippen LogP contribution in [0.25, 0.3) is 0 Å². The minimum Gasteiger partial charge on any atom is -0.466 e. The summed E-state index contributed by atoms with van der Waals surface area (Å²) in [6.07, 6.45) is -0.0611. The summed E-state index contributed by atoms with van der Waals surface area (Å²) in [6, 6.07) is 1.81. The maximum absolute atomic E-state index is 11.2. The highest BCUT2D eigenvalue weighted by atomic mass is 32.2. The van der Waals surface area contributed by atoms with Gasteiger partial charge in [-0.25, -0.2) is 13.1 Å². The Bertz CT molecular complexity index is 331. The molecule has 0 fully saturated rings. The van der Waals surface area contributed by atoms with E-state index in [-0.39, 0.29) is 31.7 Å². The SMILES string of the molecule is CCOC(=O)CCS(=O)(=O)NCCC#N. The van der Waals surface area contributed by atoms with Gasteiger partial charge in [-0.1, -0.05) is 0 Å². The van der Waals surface area contributed by atoms with Crippen LogP contribution >= 0.6 is 0 Å². The molecule has 0 amide bonds. The minimum atomic E-state index is -3.47. The summed E-state index contributed by atoms with van der Waals surface area (Å²) >= 11 is 0. The minimum absolute atomic E-state index is 0.0711. The molecule has 0 bridgehead atoms. The molecule has 1 N–H and O–H groups in total. The van der Waals surface area contributed by atoms with Crippen molar-refractivity contribution in [1.82, 2.24) is 4.72 Å². The van der Waals surface area contributed by atoms with Gasteiger partial charge >= 0.3 is 5.97 Å². The molecular formula is C8H14N2O4S. The Hall–Kier alpha value is -1.13. The molecule has 0 aliphatic carbocycles. The van der Waals surface area contributed by atoms with E-state index in [1.165, 1.54) is 0 Å². The molecular weight excluding hydrogens is 220 g/mol. The predicted octanol–water partition coefficient (Wildman–Crippen LogP) is -0.227. The highest BCUT2D eigenvalue weighted by molar-refractivity contribution is 7.89. The summed E-state index contributed by atoms with van der Waals surface area (Å²) in [4.78, 5) is 10.9. The molecule has 0 saturated heterocycles. The summed E-state index contributed by atoms with van der Waals surface area (Å²) < 4.78 is 29.2. The maximum atomic E-state index is 11.2. The molecule has 0 atom stereocenters. The number of hydrogen-bond donors (Lipinski definition) is 1. The van der Waals surface area contributed by atoms with Gasteiger partial charge in [0.25, 0.3) is 0 Å². The van der Waals surface area contributed by atoms with E-state index in [0.29, 0.717) is 0 Å². The van der Waals surface area contributed by atoms with Crippen molar-refractivity contribution in [2.45, 2.75) is 19.8 Å². The summed E-state index contributed by atoms with van der Waals surface area (Å²) in [5.74, 6) is -0.847. The monoisotopic (exact) mass is 234 g/mol. The largest absolute Gasteiger partial charge is 0.466 e. The average molecular weight is 234 g/mol. The van der Waals surface area contributed by atoms with Crippen LogP contribution in [-0.2, 0) is 19.6 Å². The van der Waals surface area contributed by atoms with Crippen LogP contribution in [-0.4, -0.2) is 33.3 Å². The zero-order chi connectivity index (χ0) is 11.7. The summed E-state index contributed by atoms with van der Waals surface area (Å²) in [5.41, 5.74) is 0. The molecule has 0 spiro atoms. The highest BCUT2D eigenvalue weighted by Gasteiger charge is 2.12. The summed E-state index contributed by atoms with van der Waals surface area (Å²) in [5, 5.41) is 8.19. The Balaban J connectivity index is 3.85. The van der Waals surface area contributed by atoms with Crippen LogP contribution in [0.2, 0.25) is 0 Å². The second-order valence-corrected chi connectivity index (χ2v) is 4.60. The Labute approximate surface area is 89.3 Å². The van der Waals surface area contributed by atoms with E-state index in [1.54, 1.807) is 13.0 Å². The second-order valence-electron chi connectivity index (χ2n) is 2.68. The van der Waals surface area contributed by atoms with Crippen LogP contribution < -0.4 is 4.72 Å². The number of esters is 1. The summed E-state index contributed by atoms with van der Waals surface area (Å²) in [7, 11) is -3.47. The van der Waals surface area contributed by atoms with Crippen LogP contribution in [0, 0.1) is 11.3 Å². The number of carbonyl (C=O) groups excluding carboxylic acids is 1. The van der Waals surface area contributed by atoms with E-state index in [1.807, 2.05) is 0 Å². The van der Waals surface area contributed by atoms with Gasteiger partial charge in [0.15, 0.2) is 0 Å². The zero-order valence-corrected chi connectivity index (χ0v) is 9.34. The number of ether oxygens (including phenoxy) is 1. The molecule has 6 nitrogen and oxygen atoms in total. The average Bonchev–Trinajstić information content (AvgIpc) is 2.16. The van der Waals surface area contributed by atoms with Crippen molar-refractivity contribution >= 4 is 16.0 Å². The van der Waals surface area contributed by atoms with Gasteiger partial charge in [0.05, 0.1) is 24.8 Å². The first kappa shape index (κ1) is 13.9. The lowest BCUT2D eigenvalue weighted by molar-refractivity contribution is -0.142. The van der Waals surface area contributed by atoms with Crippen molar-refractivity contribution < 1.29 is 17.9 Å². The van der Waals surface area contributed by atoms with E-state index in [4.69, 9.17) is 5.26 Å². The highest BCUT2D eigenvalue weighted by Crippen LogP contribution is 1.93. The van der Waals surface area contributed by atoms with Gasteiger partial charge in [-0.2, -0.15) is 5.26 Å². The van der Waals surface area contributed by atoms with E-state index >= 15 is 0 Å². The third-order valence-electron chi connectivity index (χ3n) is 1.44. The Kier molecular flexibility index (Phi) is 6.66. The standard InChI is InChI=1S/C8H14N2O4S/c1-2-14-8(11)4-7-15(12,13)10-6-3-5-9/h10H,2-4,6-7H2,1H3. The van der Waals surface area contributed by atoms with Gasteiger partial charge in [0, 0.05) is 13.0 Å². The van der Waals surface area contributed by atoms with E-state index in [2.05, 4.69) is 9.46 Å². The third-order valence-corrected chi connectivity index (χ3v) is 2.82. The van der Waals surface area contributed by atoms with Crippen LogP contribution in [0.3, 0.4) is 0 Å². The van der Waals surface area contributed by atoms with Gasteiger partial charge in [0.1, 0.15) is 0 Å². The first-order chi connectivity index (χ1) is 7.02. The number of carbonyl (C=O) groups is 1.